The molecule has 3 atom stereocenters. The van der Waals surface area contributed by atoms with Gasteiger partial charge in [0.25, 0.3) is 0 Å². The van der Waals surface area contributed by atoms with Gasteiger partial charge in [-0.3, -0.25) is 0 Å². The van der Waals surface area contributed by atoms with Crippen LogP contribution in [0.5, 0.6) is 0 Å². The van der Waals surface area contributed by atoms with E-state index >= 15 is 0 Å². The second kappa shape index (κ2) is 11.1. The Labute approximate surface area is 246 Å². The fourth-order valence-corrected chi connectivity index (χ4v) is 5.74. The van der Waals surface area contributed by atoms with Crippen molar-refractivity contribution in [3.05, 3.63) is 117 Å². The van der Waals surface area contributed by atoms with Gasteiger partial charge in [-0.25, -0.2) is 9.59 Å². The van der Waals surface area contributed by atoms with E-state index in [0.717, 1.165) is 36.5 Å². The van der Waals surface area contributed by atoms with Crippen molar-refractivity contribution in [2.75, 3.05) is 6.61 Å². The van der Waals surface area contributed by atoms with Gasteiger partial charge in [0.1, 0.15) is 25.0 Å². The Kier molecular flexibility index (Phi) is 7.33. The number of halogens is 1. The Hall–Kier alpha value is -3.69. The summed E-state index contributed by atoms with van der Waals surface area (Å²) in [5.74, 6) is -0.872. The molecule has 4 aromatic carbocycles. The molecular formula is C33H28INO5. The summed E-state index contributed by atoms with van der Waals surface area (Å²) in [6.45, 7) is 3.89. The number of carbonyl (C=O) groups excluding carboxylic acids is 2. The van der Waals surface area contributed by atoms with Crippen LogP contribution in [0.4, 0.5) is 0 Å². The van der Waals surface area contributed by atoms with Crippen LogP contribution in [0.15, 0.2) is 91.0 Å². The van der Waals surface area contributed by atoms with E-state index in [0.29, 0.717) is 17.5 Å². The molecule has 0 saturated carbocycles. The molecule has 0 unspecified atom stereocenters. The van der Waals surface area contributed by atoms with Crippen molar-refractivity contribution >= 4 is 56.3 Å². The third-order valence-electron chi connectivity index (χ3n) is 7.35. The number of nitrogens with zero attached hydrogens (tertiary/aromatic N) is 1. The fraction of sp³-hybridized carbons (Fsp3) is 0.212. The number of fused-ring (bicyclic) bond motifs is 3. The summed E-state index contributed by atoms with van der Waals surface area (Å²) in [6.07, 6.45) is -1.23. The number of benzene rings is 4. The van der Waals surface area contributed by atoms with Gasteiger partial charge in [0.05, 0.1) is 22.2 Å². The molecule has 40 heavy (non-hydrogen) atoms. The maximum Gasteiger partial charge on any atom is 0.338 e. The predicted molar refractivity (Wildman–Crippen MR) is 163 cm³/mol. The maximum absolute atomic E-state index is 13.1. The van der Waals surface area contributed by atoms with Crippen LogP contribution in [0.3, 0.4) is 0 Å². The second-order valence-corrected chi connectivity index (χ2v) is 11.4. The summed E-state index contributed by atoms with van der Waals surface area (Å²) < 4.78 is 21.5. The molecule has 0 N–H and O–H groups in total. The molecule has 2 heterocycles. The molecule has 0 spiro atoms. The normalized spacial score (nSPS) is 18.7. The molecule has 1 saturated heterocycles. The average Bonchev–Trinajstić information content (AvgIpc) is 3.50. The number of aryl methyl sites for hydroxylation is 2. The van der Waals surface area contributed by atoms with Gasteiger partial charge in [0, 0.05) is 20.8 Å². The number of hydrogen-bond acceptors (Lipinski definition) is 5. The van der Waals surface area contributed by atoms with Crippen molar-refractivity contribution in [1.29, 1.82) is 0 Å². The Morgan fingerprint density at radius 3 is 2.15 bits per heavy atom. The lowest BCUT2D eigenvalue weighted by Crippen LogP contribution is -2.32. The molecule has 0 aliphatic carbocycles. The standard InChI is InChI=1S/C33H28INO5/c1-20-7-11-22(12-8-20)32(36)38-19-30-29(40-33(37)23-13-9-21(2)10-14-23)18-31(39-30)35-27-6-4-3-5-25(27)26-17-24(34)15-16-28(26)35/h3-17,29-31H,18-19H2,1-2H3/t29-,30+,31-/m0/s1. The highest BCUT2D eigenvalue weighted by atomic mass is 127. The number of hydrogen-bond donors (Lipinski definition) is 0. The van der Waals surface area contributed by atoms with E-state index in [2.05, 4.69) is 57.5 Å². The minimum Gasteiger partial charge on any atom is -0.459 e. The summed E-state index contributed by atoms with van der Waals surface area (Å²) in [5.41, 5.74) is 5.12. The first-order chi connectivity index (χ1) is 19.4. The van der Waals surface area contributed by atoms with E-state index in [1.807, 2.05) is 50.2 Å². The molecule has 202 valence electrons. The first-order valence-corrected chi connectivity index (χ1v) is 14.3. The van der Waals surface area contributed by atoms with Gasteiger partial charge in [-0.05, 0) is 85.0 Å². The molecule has 6 rings (SSSR count). The van der Waals surface area contributed by atoms with Gasteiger partial charge in [0.15, 0.2) is 0 Å². The molecule has 1 aliphatic rings. The zero-order valence-electron chi connectivity index (χ0n) is 22.2. The summed E-state index contributed by atoms with van der Waals surface area (Å²) in [6, 6.07) is 29.0. The monoisotopic (exact) mass is 645 g/mol. The van der Waals surface area contributed by atoms with Gasteiger partial charge in [-0.15, -0.1) is 0 Å². The van der Waals surface area contributed by atoms with Crippen molar-refractivity contribution in [2.45, 2.75) is 38.7 Å². The van der Waals surface area contributed by atoms with E-state index in [1.54, 1.807) is 24.3 Å². The van der Waals surface area contributed by atoms with E-state index in [9.17, 15) is 9.59 Å². The number of rotatable bonds is 6. The molecular weight excluding hydrogens is 617 g/mol. The van der Waals surface area contributed by atoms with Crippen LogP contribution in [0.2, 0.25) is 0 Å². The number of ether oxygens (including phenoxy) is 3. The maximum atomic E-state index is 13.1. The van der Waals surface area contributed by atoms with Gasteiger partial charge < -0.3 is 18.8 Å². The first kappa shape index (κ1) is 26.5. The highest BCUT2D eigenvalue weighted by Crippen LogP contribution is 2.39. The van der Waals surface area contributed by atoms with E-state index in [4.69, 9.17) is 14.2 Å². The summed E-state index contributed by atoms with van der Waals surface area (Å²) in [5, 5.41) is 2.26. The van der Waals surface area contributed by atoms with Crippen LogP contribution >= 0.6 is 22.6 Å². The molecule has 0 bridgehead atoms. The molecule has 5 aromatic rings. The van der Waals surface area contributed by atoms with Crippen molar-refractivity contribution in [1.82, 2.24) is 4.57 Å². The third-order valence-corrected chi connectivity index (χ3v) is 8.02. The van der Waals surface area contributed by atoms with Crippen molar-refractivity contribution in [3.8, 4) is 0 Å². The Balaban J connectivity index is 1.31. The zero-order chi connectivity index (χ0) is 27.8. The largest absolute Gasteiger partial charge is 0.459 e. The van der Waals surface area contributed by atoms with Crippen LogP contribution in [0.1, 0.15) is 44.5 Å². The highest BCUT2D eigenvalue weighted by molar-refractivity contribution is 14.1. The molecule has 1 fully saturated rings. The lowest BCUT2D eigenvalue weighted by atomic mass is 10.1. The van der Waals surface area contributed by atoms with E-state index in [1.165, 1.54) is 0 Å². The fourth-order valence-electron chi connectivity index (χ4n) is 5.24. The molecule has 0 radical (unpaired) electrons. The lowest BCUT2D eigenvalue weighted by molar-refractivity contribution is -0.0552. The summed E-state index contributed by atoms with van der Waals surface area (Å²) in [4.78, 5) is 25.9. The minimum atomic E-state index is -0.631. The van der Waals surface area contributed by atoms with Gasteiger partial charge in [0.2, 0.25) is 0 Å². The number of para-hydroxylation sites is 1. The Morgan fingerprint density at radius 2 is 1.45 bits per heavy atom. The van der Waals surface area contributed by atoms with Gasteiger partial charge in [-0.1, -0.05) is 53.6 Å². The Morgan fingerprint density at radius 1 is 0.825 bits per heavy atom. The summed E-state index contributed by atoms with van der Waals surface area (Å²) in [7, 11) is 0. The van der Waals surface area contributed by atoms with E-state index in [-0.39, 0.29) is 6.61 Å². The SMILES string of the molecule is Cc1ccc(C(=O)OC[C@H]2O[C@H](n3c4ccccc4c4cc(I)ccc43)C[C@@H]2OC(=O)c2ccc(C)cc2)cc1. The first-order valence-electron chi connectivity index (χ1n) is 13.2. The second-order valence-electron chi connectivity index (χ2n) is 10.2. The molecule has 1 aromatic heterocycles. The molecule has 6 nitrogen and oxygen atoms in total. The topological polar surface area (TPSA) is 66.8 Å². The van der Waals surface area contributed by atoms with E-state index < -0.39 is 30.4 Å². The third kappa shape index (κ3) is 5.23. The molecule has 0 amide bonds. The number of esters is 2. The Bertz CT molecular complexity index is 1710. The molecule has 7 heteroatoms. The molecule has 1 aliphatic heterocycles. The smallest absolute Gasteiger partial charge is 0.338 e. The van der Waals surface area contributed by atoms with Crippen LogP contribution < -0.4 is 0 Å². The highest BCUT2D eigenvalue weighted by Gasteiger charge is 2.41. The predicted octanol–water partition coefficient (Wildman–Crippen LogP) is 7.39. The van der Waals surface area contributed by atoms with Crippen molar-refractivity contribution in [2.24, 2.45) is 0 Å². The lowest BCUT2D eigenvalue weighted by Gasteiger charge is -2.19. The minimum absolute atomic E-state index is 0.0376. The van der Waals surface area contributed by atoms with Gasteiger partial charge in [-0.2, -0.15) is 0 Å². The number of carbonyl (C=O) groups is 2. The zero-order valence-corrected chi connectivity index (χ0v) is 24.3. The van der Waals surface area contributed by atoms with Crippen LogP contribution in [-0.2, 0) is 14.2 Å². The van der Waals surface area contributed by atoms with Crippen LogP contribution in [0, 0.1) is 17.4 Å². The summed E-state index contributed by atoms with van der Waals surface area (Å²) >= 11 is 2.32. The van der Waals surface area contributed by atoms with Crippen LogP contribution in [0.25, 0.3) is 21.8 Å². The van der Waals surface area contributed by atoms with Gasteiger partial charge >= 0.3 is 11.9 Å². The number of aromatic nitrogens is 1. The average molecular weight is 645 g/mol. The van der Waals surface area contributed by atoms with Crippen molar-refractivity contribution < 1.29 is 23.8 Å². The van der Waals surface area contributed by atoms with Crippen molar-refractivity contribution in [3.63, 3.8) is 0 Å². The quantitative estimate of drug-likeness (QED) is 0.142. The van der Waals surface area contributed by atoms with Crippen LogP contribution in [-0.4, -0.2) is 35.3 Å².